The number of thiophene rings is 1. The molecule has 2 atom stereocenters. The molecule has 0 bridgehead atoms. The molecule has 1 aliphatic heterocycles. The van der Waals surface area contributed by atoms with Crippen molar-refractivity contribution >= 4 is 27.4 Å². The van der Waals surface area contributed by atoms with Crippen molar-refractivity contribution in [2.45, 2.75) is 38.4 Å². The molecule has 6 heteroatoms. The molecule has 1 N–H and O–H groups in total. The molecule has 118 valence electrons. The summed E-state index contributed by atoms with van der Waals surface area (Å²) < 4.78 is 5.84. The molecule has 1 saturated heterocycles. The van der Waals surface area contributed by atoms with Crippen molar-refractivity contribution in [2.24, 2.45) is 5.41 Å². The van der Waals surface area contributed by atoms with Gasteiger partial charge in [0.15, 0.2) is 0 Å². The van der Waals surface area contributed by atoms with Crippen LogP contribution < -0.4 is 4.90 Å². The smallest absolute Gasteiger partial charge is 0.140 e. The van der Waals surface area contributed by atoms with Gasteiger partial charge in [0.1, 0.15) is 17.0 Å². The fourth-order valence-electron chi connectivity index (χ4n) is 3.98. The Morgan fingerprint density at radius 3 is 2.95 bits per heavy atom. The Morgan fingerprint density at radius 2 is 2.23 bits per heavy atom. The Morgan fingerprint density at radius 1 is 1.41 bits per heavy atom. The maximum Gasteiger partial charge on any atom is 0.140 e. The number of fused-ring (bicyclic) bond motifs is 1. The van der Waals surface area contributed by atoms with Crippen LogP contribution in [-0.4, -0.2) is 47.0 Å². The van der Waals surface area contributed by atoms with Gasteiger partial charge in [-0.1, -0.05) is 0 Å². The number of anilines is 1. The normalized spacial score (nSPS) is 27.3. The zero-order chi connectivity index (χ0) is 15.2. The largest absolute Gasteiger partial charge is 0.392 e. The number of nitrogens with zero attached hydrogens (tertiary/aromatic N) is 3. The van der Waals surface area contributed by atoms with E-state index >= 15 is 0 Å². The van der Waals surface area contributed by atoms with Gasteiger partial charge in [0.25, 0.3) is 0 Å². The number of aliphatic hydroxyl groups excluding tert-OH is 1. The summed E-state index contributed by atoms with van der Waals surface area (Å²) in [4.78, 5) is 12.2. The van der Waals surface area contributed by atoms with Crippen molar-refractivity contribution in [2.75, 3.05) is 24.6 Å². The predicted octanol–water partition coefficient (Wildman–Crippen LogP) is 2.45. The minimum atomic E-state index is -0.210. The van der Waals surface area contributed by atoms with E-state index in [4.69, 9.17) is 4.74 Å². The van der Waals surface area contributed by atoms with Crippen molar-refractivity contribution in [3.8, 4) is 0 Å². The van der Waals surface area contributed by atoms with E-state index in [1.807, 2.05) is 6.92 Å². The Labute approximate surface area is 133 Å². The molecule has 1 spiro atoms. The summed E-state index contributed by atoms with van der Waals surface area (Å²) in [7, 11) is 0. The number of ether oxygens (including phenoxy) is 1. The van der Waals surface area contributed by atoms with Gasteiger partial charge in [-0.05, 0) is 31.2 Å². The molecule has 0 radical (unpaired) electrons. The van der Waals surface area contributed by atoms with Crippen LogP contribution in [0.15, 0.2) is 17.8 Å². The Bertz CT molecular complexity index is 664. The third-order valence-electron chi connectivity index (χ3n) is 5.34. The minimum absolute atomic E-state index is 0.0344. The van der Waals surface area contributed by atoms with Gasteiger partial charge in [-0.25, -0.2) is 9.97 Å². The molecule has 1 saturated carbocycles. The van der Waals surface area contributed by atoms with E-state index in [1.54, 1.807) is 17.7 Å². The van der Waals surface area contributed by atoms with Gasteiger partial charge in [0, 0.05) is 31.5 Å². The van der Waals surface area contributed by atoms with Crippen molar-refractivity contribution in [3.05, 3.63) is 17.8 Å². The molecule has 0 unspecified atom stereocenters. The average molecular weight is 319 g/mol. The van der Waals surface area contributed by atoms with E-state index in [1.165, 1.54) is 0 Å². The van der Waals surface area contributed by atoms with E-state index in [0.29, 0.717) is 0 Å². The second-order valence-corrected chi connectivity index (χ2v) is 7.15. The van der Waals surface area contributed by atoms with Crippen LogP contribution in [0.4, 0.5) is 5.82 Å². The molecular formula is C16H21N3O2S. The zero-order valence-corrected chi connectivity index (χ0v) is 13.6. The van der Waals surface area contributed by atoms with Crippen molar-refractivity contribution in [3.63, 3.8) is 0 Å². The highest BCUT2D eigenvalue weighted by Gasteiger charge is 2.56. The van der Waals surface area contributed by atoms with Gasteiger partial charge < -0.3 is 14.7 Å². The standard InChI is InChI=1S/C16H21N3O2S/c1-2-21-13-9-12(20)16(13)4-6-19(7-5-16)14-11-3-8-22-15(11)18-10-17-14/h3,8,10,12-13,20H,2,4-7,9H2,1H3/t12-,13-/m1/s1. The fourth-order valence-corrected chi connectivity index (χ4v) is 4.71. The first-order valence-corrected chi connectivity index (χ1v) is 8.85. The van der Waals surface area contributed by atoms with Crippen molar-refractivity contribution in [1.29, 1.82) is 0 Å². The lowest BCUT2D eigenvalue weighted by Crippen LogP contribution is -2.62. The first-order valence-electron chi connectivity index (χ1n) is 7.97. The van der Waals surface area contributed by atoms with Gasteiger partial charge in [-0.15, -0.1) is 11.3 Å². The molecule has 0 aromatic carbocycles. The molecule has 0 amide bonds. The van der Waals surface area contributed by atoms with Gasteiger partial charge in [-0.2, -0.15) is 0 Å². The summed E-state index contributed by atoms with van der Waals surface area (Å²) in [5.41, 5.74) is -0.0344. The van der Waals surface area contributed by atoms with E-state index in [0.717, 1.165) is 55.0 Å². The third-order valence-corrected chi connectivity index (χ3v) is 6.17. The summed E-state index contributed by atoms with van der Waals surface area (Å²) in [5, 5.41) is 13.5. The summed E-state index contributed by atoms with van der Waals surface area (Å²) in [6, 6.07) is 2.10. The van der Waals surface area contributed by atoms with Crippen molar-refractivity contribution in [1.82, 2.24) is 9.97 Å². The van der Waals surface area contributed by atoms with Gasteiger partial charge >= 0.3 is 0 Å². The monoisotopic (exact) mass is 319 g/mol. The minimum Gasteiger partial charge on any atom is -0.392 e. The fraction of sp³-hybridized carbons (Fsp3) is 0.625. The van der Waals surface area contributed by atoms with E-state index in [2.05, 4.69) is 26.3 Å². The van der Waals surface area contributed by atoms with Gasteiger partial charge in [0.05, 0.1) is 17.6 Å². The highest BCUT2D eigenvalue weighted by molar-refractivity contribution is 7.16. The van der Waals surface area contributed by atoms with Crippen LogP contribution in [0.25, 0.3) is 10.2 Å². The average Bonchev–Trinajstić information content (AvgIpc) is 3.03. The highest BCUT2D eigenvalue weighted by Crippen LogP contribution is 2.51. The maximum absolute atomic E-state index is 10.3. The molecule has 3 heterocycles. The molecule has 4 rings (SSSR count). The van der Waals surface area contributed by atoms with Crippen LogP contribution in [-0.2, 0) is 4.74 Å². The molecule has 2 fully saturated rings. The summed E-state index contributed by atoms with van der Waals surface area (Å²) >= 11 is 1.65. The first-order chi connectivity index (χ1) is 10.7. The van der Waals surface area contributed by atoms with E-state index in [9.17, 15) is 5.11 Å². The lowest BCUT2D eigenvalue weighted by atomic mass is 9.58. The molecular weight excluding hydrogens is 298 g/mol. The van der Waals surface area contributed by atoms with Gasteiger partial charge in [-0.3, -0.25) is 0 Å². The third kappa shape index (κ3) is 2.05. The molecule has 2 aromatic heterocycles. The maximum atomic E-state index is 10.3. The van der Waals surface area contributed by atoms with Crippen LogP contribution in [0.2, 0.25) is 0 Å². The van der Waals surface area contributed by atoms with Crippen LogP contribution in [0.3, 0.4) is 0 Å². The molecule has 5 nitrogen and oxygen atoms in total. The molecule has 2 aliphatic rings. The number of hydrogen-bond donors (Lipinski definition) is 1. The second kappa shape index (κ2) is 5.44. The van der Waals surface area contributed by atoms with Crippen LogP contribution in [0.1, 0.15) is 26.2 Å². The summed E-state index contributed by atoms with van der Waals surface area (Å²) in [6.45, 7) is 4.59. The number of hydrogen-bond acceptors (Lipinski definition) is 6. The number of rotatable bonds is 3. The van der Waals surface area contributed by atoms with Crippen LogP contribution in [0, 0.1) is 5.41 Å². The van der Waals surface area contributed by atoms with Crippen LogP contribution in [0.5, 0.6) is 0 Å². The highest BCUT2D eigenvalue weighted by atomic mass is 32.1. The Kier molecular flexibility index (Phi) is 3.55. The second-order valence-electron chi connectivity index (χ2n) is 6.25. The Balaban J connectivity index is 1.53. The van der Waals surface area contributed by atoms with E-state index < -0.39 is 0 Å². The quantitative estimate of drug-likeness (QED) is 0.942. The predicted molar refractivity (Wildman–Crippen MR) is 87.3 cm³/mol. The molecule has 1 aliphatic carbocycles. The van der Waals surface area contributed by atoms with Crippen molar-refractivity contribution < 1.29 is 9.84 Å². The van der Waals surface area contributed by atoms with Crippen LogP contribution >= 0.6 is 11.3 Å². The first kappa shape index (κ1) is 14.4. The summed E-state index contributed by atoms with van der Waals surface area (Å²) in [5.74, 6) is 1.03. The molecule has 22 heavy (non-hydrogen) atoms. The van der Waals surface area contributed by atoms with Gasteiger partial charge in [0.2, 0.25) is 0 Å². The Hall–Kier alpha value is -1.24. The molecule has 2 aromatic rings. The lowest BCUT2D eigenvalue weighted by Gasteiger charge is -2.56. The topological polar surface area (TPSA) is 58.5 Å². The SMILES string of the molecule is CCO[C@@H]1C[C@@H](O)C12CCN(c1ncnc3sccc13)CC2. The lowest BCUT2D eigenvalue weighted by molar-refractivity contribution is -0.199. The zero-order valence-electron chi connectivity index (χ0n) is 12.7. The number of aromatic nitrogens is 2. The van der Waals surface area contributed by atoms with E-state index in [-0.39, 0.29) is 17.6 Å². The summed E-state index contributed by atoms with van der Waals surface area (Å²) in [6.07, 6.45) is 4.39. The number of aliphatic hydroxyl groups is 1. The number of piperidine rings is 1.